The molecule has 3 rings (SSSR count). The number of benzene rings is 1. The van der Waals surface area contributed by atoms with Crippen LogP contribution in [-0.4, -0.2) is 31.6 Å². The fourth-order valence-electron chi connectivity index (χ4n) is 2.75. The van der Waals surface area contributed by atoms with Gasteiger partial charge in [-0.25, -0.2) is 4.79 Å². The van der Waals surface area contributed by atoms with Gasteiger partial charge in [0.1, 0.15) is 0 Å². The summed E-state index contributed by atoms with van der Waals surface area (Å²) in [5.41, 5.74) is 4.92. The first-order valence-corrected chi connectivity index (χ1v) is 7.53. The lowest BCUT2D eigenvalue weighted by molar-refractivity contribution is 0.0603. The third-order valence-electron chi connectivity index (χ3n) is 4.00. The van der Waals surface area contributed by atoms with Crippen molar-refractivity contribution >= 4 is 17.2 Å². The molecular formula is C19H20N2O2. The highest BCUT2D eigenvalue weighted by molar-refractivity contribution is 5.97. The molecule has 3 aromatic rings. The Hall–Kier alpha value is -2.75. The standard InChI is InChI=1S/C19H20N2O2/c1-20(2)15-9-7-14(8-10-15)12-16-13-17(19(22)23-3)18-6-4-5-11-21(16)18/h4-11,13H,12H2,1-3H3. The highest BCUT2D eigenvalue weighted by Gasteiger charge is 2.15. The number of esters is 1. The Balaban J connectivity index is 1.98. The zero-order valence-corrected chi connectivity index (χ0v) is 13.6. The van der Waals surface area contributed by atoms with Crippen LogP contribution in [0.15, 0.2) is 54.7 Å². The Bertz CT molecular complexity index is 832. The van der Waals surface area contributed by atoms with Crippen LogP contribution in [0.1, 0.15) is 21.6 Å². The summed E-state index contributed by atoms with van der Waals surface area (Å²) < 4.78 is 6.94. The number of ether oxygens (including phenoxy) is 1. The number of pyridine rings is 1. The Kier molecular flexibility index (Phi) is 4.06. The zero-order valence-electron chi connectivity index (χ0n) is 13.6. The summed E-state index contributed by atoms with van der Waals surface area (Å²) in [6.45, 7) is 0. The van der Waals surface area contributed by atoms with Crippen molar-refractivity contribution in [2.24, 2.45) is 0 Å². The van der Waals surface area contributed by atoms with Gasteiger partial charge < -0.3 is 14.0 Å². The highest BCUT2D eigenvalue weighted by Crippen LogP contribution is 2.21. The van der Waals surface area contributed by atoms with Gasteiger partial charge in [-0.05, 0) is 35.9 Å². The molecule has 118 valence electrons. The van der Waals surface area contributed by atoms with E-state index in [0.717, 1.165) is 17.6 Å². The predicted molar refractivity (Wildman–Crippen MR) is 92.3 cm³/mol. The molecular weight excluding hydrogens is 288 g/mol. The maximum absolute atomic E-state index is 12.0. The molecule has 0 radical (unpaired) electrons. The number of methoxy groups -OCH3 is 1. The number of carbonyl (C=O) groups excluding carboxylic acids is 1. The van der Waals surface area contributed by atoms with Crippen LogP contribution in [0.4, 0.5) is 5.69 Å². The molecule has 23 heavy (non-hydrogen) atoms. The van der Waals surface area contributed by atoms with Crippen molar-refractivity contribution in [3.8, 4) is 0 Å². The first-order chi connectivity index (χ1) is 11.1. The smallest absolute Gasteiger partial charge is 0.340 e. The van der Waals surface area contributed by atoms with E-state index in [1.165, 1.54) is 18.4 Å². The summed E-state index contributed by atoms with van der Waals surface area (Å²) >= 11 is 0. The summed E-state index contributed by atoms with van der Waals surface area (Å²) in [6, 6.07) is 16.2. The molecule has 0 saturated carbocycles. The lowest BCUT2D eigenvalue weighted by Gasteiger charge is -2.12. The molecule has 0 atom stereocenters. The molecule has 2 aromatic heterocycles. The maximum atomic E-state index is 12.0. The molecule has 0 aliphatic rings. The lowest BCUT2D eigenvalue weighted by atomic mass is 10.1. The van der Waals surface area contributed by atoms with Crippen LogP contribution in [0, 0.1) is 0 Å². The van der Waals surface area contributed by atoms with Gasteiger partial charge in [-0.2, -0.15) is 0 Å². The van der Waals surface area contributed by atoms with Crippen LogP contribution in [0.5, 0.6) is 0 Å². The van der Waals surface area contributed by atoms with Crippen molar-refractivity contribution in [2.45, 2.75) is 6.42 Å². The second-order valence-electron chi connectivity index (χ2n) is 5.73. The van der Waals surface area contributed by atoms with Crippen LogP contribution in [0.25, 0.3) is 5.52 Å². The summed E-state index contributed by atoms with van der Waals surface area (Å²) in [5.74, 6) is -0.303. The number of hydrogen-bond donors (Lipinski definition) is 0. The third-order valence-corrected chi connectivity index (χ3v) is 4.00. The molecule has 0 spiro atoms. The van der Waals surface area contributed by atoms with E-state index in [1.807, 2.05) is 49.0 Å². The molecule has 0 amide bonds. The monoisotopic (exact) mass is 308 g/mol. The van der Waals surface area contributed by atoms with Gasteiger partial charge in [-0.15, -0.1) is 0 Å². The minimum absolute atomic E-state index is 0.303. The normalized spacial score (nSPS) is 10.7. The first-order valence-electron chi connectivity index (χ1n) is 7.53. The highest BCUT2D eigenvalue weighted by atomic mass is 16.5. The number of fused-ring (bicyclic) bond motifs is 1. The average Bonchev–Trinajstić information content (AvgIpc) is 2.93. The zero-order chi connectivity index (χ0) is 16.4. The van der Waals surface area contributed by atoms with Gasteiger partial charge in [0.15, 0.2) is 0 Å². The molecule has 4 heteroatoms. The molecule has 0 aliphatic carbocycles. The van der Waals surface area contributed by atoms with E-state index in [4.69, 9.17) is 4.74 Å². The Labute approximate surface area is 135 Å². The van der Waals surface area contributed by atoms with Gasteiger partial charge in [0.05, 0.1) is 18.2 Å². The van der Waals surface area contributed by atoms with E-state index in [9.17, 15) is 4.79 Å². The SMILES string of the molecule is COC(=O)c1cc(Cc2ccc(N(C)C)cc2)n2ccccc12. The molecule has 0 unspecified atom stereocenters. The Morgan fingerprint density at radius 1 is 1.13 bits per heavy atom. The van der Waals surface area contributed by atoms with Crippen molar-refractivity contribution in [1.82, 2.24) is 4.40 Å². The average molecular weight is 308 g/mol. The number of nitrogens with zero attached hydrogens (tertiary/aromatic N) is 2. The van der Waals surface area contributed by atoms with Crippen LogP contribution in [-0.2, 0) is 11.2 Å². The molecule has 0 N–H and O–H groups in total. The minimum atomic E-state index is -0.303. The van der Waals surface area contributed by atoms with Gasteiger partial charge in [0.2, 0.25) is 0 Å². The molecule has 1 aromatic carbocycles. The third kappa shape index (κ3) is 2.93. The van der Waals surface area contributed by atoms with E-state index in [2.05, 4.69) is 29.2 Å². The second kappa shape index (κ2) is 6.16. The van der Waals surface area contributed by atoms with E-state index < -0.39 is 0 Å². The Morgan fingerprint density at radius 2 is 1.87 bits per heavy atom. The van der Waals surface area contributed by atoms with E-state index in [-0.39, 0.29) is 5.97 Å². The first kappa shape index (κ1) is 15.2. The van der Waals surface area contributed by atoms with Crippen molar-refractivity contribution in [3.63, 3.8) is 0 Å². The van der Waals surface area contributed by atoms with E-state index >= 15 is 0 Å². The van der Waals surface area contributed by atoms with Crippen LogP contribution < -0.4 is 4.90 Å². The number of hydrogen-bond acceptors (Lipinski definition) is 3. The number of carbonyl (C=O) groups is 1. The van der Waals surface area contributed by atoms with Gasteiger partial charge in [-0.1, -0.05) is 18.2 Å². The lowest BCUT2D eigenvalue weighted by Crippen LogP contribution is -2.08. The molecule has 0 fully saturated rings. The van der Waals surface area contributed by atoms with Crippen LogP contribution >= 0.6 is 0 Å². The number of rotatable bonds is 4. The molecule has 2 heterocycles. The van der Waals surface area contributed by atoms with Crippen molar-refractivity contribution in [1.29, 1.82) is 0 Å². The topological polar surface area (TPSA) is 34.0 Å². The minimum Gasteiger partial charge on any atom is -0.465 e. The number of aromatic nitrogens is 1. The fraction of sp³-hybridized carbons (Fsp3) is 0.211. The van der Waals surface area contributed by atoms with Gasteiger partial charge in [-0.3, -0.25) is 0 Å². The van der Waals surface area contributed by atoms with Gasteiger partial charge in [0.25, 0.3) is 0 Å². The molecule has 0 saturated heterocycles. The Morgan fingerprint density at radius 3 is 2.52 bits per heavy atom. The molecule has 4 nitrogen and oxygen atoms in total. The summed E-state index contributed by atoms with van der Waals surface area (Å²) in [4.78, 5) is 14.0. The fourth-order valence-corrected chi connectivity index (χ4v) is 2.75. The quantitative estimate of drug-likeness (QED) is 0.693. The summed E-state index contributed by atoms with van der Waals surface area (Å²) in [7, 11) is 5.46. The van der Waals surface area contributed by atoms with Gasteiger partial charge in [0, 0.05) is 38.1 Å². The van der Waals surface area contributed by atoms with Crippen LogP contribution in [0.3, 0.4) is 0 Å². The van der Waals surface area contributed by atoms with Crippen LogP contribution in [0.2, 0.25) is 0 Å². The van der Waals surface area contributed by atoms with Crippen molar-refractivity contribution in [3.05, 3.63) is 71.5 Å². The molecule has 0 aliphatic heterocycles. The second-order valence-corrected chi connectivity index (χ2v) is 5.73. The van der Waals surface area contributed by atoms with E-state index in [0.29, 0.717) is 5.56 Å². The number of anilines is 1. The largest absolute Gasteiger partial charge is 0.465 e. The summed E-state index contributed by atoms with van der Waals surface area (Å²) in [5, 5.41) is 0. The maximum Gasteiger partial charge on any atom is 0.340 e. The van der Waals surface area contributed by atoms with Gasteiger partial charge >= 0.3 is 5.97 Å². The van der Waals surface area contributed by atoms with Crippen molar-refractivity contribution < 1.29 is 9.53 Å². The predicted octanol–water partition coefficient (Wildman–Crippen LogP) is 3.38. The van der Waals surface area contributed by atoms with Crippen molar-refractivity contribution in [2.75, 3.05) is 26.1 Å². The molecule has 0 bridgehead atoms. The van der Waals surface area contributed by atoms with E-state index in [1.54, 1.807) is 0 Å². The summed E-state index contributed by atoms with van der Waals surface area (Å²) in [6.07, 6.45) is 2.74.